The smallest absolute Gasteiger partial charge is 0.406 e. The van der Waals surface area contributed by atoms with Crippen LogP contribution in [0.5, 0.6) is 5.75 Å². The number of hydrogen-bond donors (Lipinski definition) is 2. The van der Waals surface area contributed by atoms with Gasteiger partial charge in [-0.1, -0.05) is 6.92 Å². The van der Waals surface area contributed by atoms with Gasteiger partial charge in [-0.3, -0.25) is 4.79 Å². The Labute approximate surface area is 102 Å². The number of alkyl halides is 3. The summed E-state index contributed by atoms with van der Waals surface area (Å²) in [5.41, 5.74) is 5.63. The number of nitrogens with two attached hydrogens (primary N) is 1. The van der Waals surface area contributed by atoms with Crippen molar-refractivity contribution in [2.24, 2.45) is 5.73 Å². The van der Waals surface area contributed by atoms with Gasteiger partial charge in [0.2, 0.25) is 5.91 Å². The molecule has 0 spiro atoms. The van der Waals surface area contributed by atoms with E-state index < -0.39 is 18.3 Å². The number of amides is 1. The molecule has 0 aliphatic rings. The van der Waals surface area contributed by atoms with Crippen LogP contribution in [0.2, 0.25) is 0 Å². The number of hydrogen-bond acceptors (Lipinski definition) is 3. The van der Waals surface area contributed by atoms with E-state index in [0.717, 1.165) is 12.1 Å². The van der Waals surface area contributed by atoms with Gasteiger partial charge in [-0.2, -0.15) is 0 Å². The van der Waals surface area contributed by atoms with Crippen molar-refractivity contribution in [3.63, 3.8) is 0 Å². The van der Waals surface area contributed by atoms with E-state index in [2.05, 4.69) is 10.1 Å². The number of anilines is 1. The molecule has 0 bridgehead atoms. The van der Waals surface area contributed by atoms with E-state index >= 15 is 0 Å². The van der Waals surface area contributed by atoms with Crippen LogP contribution < -0.4 is 15.8 Å². The first kappa shape index (κ1) is 14.1. The molecule has 4 nitrogen and oxygen atoms in total. The third kappa shape index (κ3) is 4.52. The molecule has 0 radical (unpaired) electrons. The molecule has 1 aromatic rings. The molecule has 1 atom stereocenters. The highest BCUT2D eigenvalue weighted by molar-refractivity contribution is 5.82. The molecule has 100 valence electrons. The molecule has 0 saturated carbocycles. The normalized spacial score (nSPS) is 12.9. The molecule has 0 aromatic heterocycles. The van der Waals surface area contributed by atoms with Crippen LogP contribution in [0, 0.1) is 0 Å². The fraction of sp³-hybridized carbons (Fsp3) is 0.364. The number of rotatable bonds is 5. The Hall–Kier alpha value is -1.92. The van der Waals surface area contributed by atoms with Crippen molar-refractivity contribution >= 4 is 11.6 Å². The predicted octanol–water partition coefficient (Wildman–Crippen LogP) is 2.26. The summed E-state index contributed by atoms with van der Waals surface area (Å²) < 4.78 is 39.5. The largest absolute Gasteiger partial charge is 0.573 e. The maximum Gasteiger partial charge on any atom is 0.573 e. The molecular formula is C11H13F3N2O2. The van der Waals surface area contributed by atoms with Crippen molar-refractivity contribution in [2.75, 3.05) is 5.32 Å². The monoisotopic (exact) mass is 262 g/mol. The van der Waals surface area contributed by atoms with Crippen LogP contribution in [0.15, 0.2) is 24.3 Å². The van der Waals surface area contributed by atoms with Gasteiger partial charge in [0, 0.05) is 5.69 Å². The molecule has 0 saturated heterocycles. The van der Waals surface area contributed by atoms with Crippen LogP contribution in [0.4, 0.5) is 18.9 Å². The van der Waals surface area contributed by atoms with E-state index in [1.807, 2.05) is 0 Å². The summed E-state index contributed by atoms with van der Waals surface area (Å²) in [6, 6.07) is 4.52. The molecule has 1 amide bonds. The Morgan fingerprint density at radius 2 is 1.94 bits per heavy atom. The van der Waals surface area contributed by atoms with Crippen LogP contribution in [0.1, 0.15) is 13.3 Å². The summed E-state index contributed by atoms with van der Waals surface area (Å²) in [4.78, 5) is 11.0. The van der Waals surface area contributed by atoms with Gasteiger partial charge in [0.05, 0.1) is 0 Å². The molecule has 7 heteroatoms. The van der Waals surface area contributed by atoms with Gasteiger partial charge in [0.1, 0.15) is 11.8 Å². The molecular weight excluding hydrogens is 249 g/mol. The number of ether oxygens (including phenoxy) is 1. The van der Waals surface area contributed by atoms with E-state index in [4.69, 9.17) is 5.73 Å². The van der Waals surface area contributed by atoms with Crippen molar-refractivity contribution in [1.82, 2.24) is 0 Å². The second kappa shape index (κ2) is 5.61. The lowest BCUT2D eigenvalue weighted by molar-refractivity contribution is -0.274. The van der Waals surface area contributed by atoms with Gasteiger partial charge in [-0.15, -0.1) is 13.2 Å². The highest BCUT2D eigenvalue weighted by atomic mass is 19.4. The Balaban J connectivity index is 2.68. The van der Waals surface area contributed by atoms with E-state index in [-0.39, 0.29) is 5.75 Å². The summed E-state index contributed by atoms with van der Waals surface area (Å²) in [6.07, 6.45) is -4.23. The number of benzene rings is 1. The van der Waals surface area contributed by atoms with E-state index in [9.17, 15) is 18.0 Å². The minimum atomic E-state index is -4.71. The minimum absolute atomic E-state index is 0.319. The summed E-state index contributed by atoms with van der Waals surface area (Å²) >= 11 is 0. The standard InChI is InChI=1S/C11H13F3N2O2/c1-2-9(10(15)17)16-7-3-5-8(6-4-7)18-11(12,13)14/h3-6,9,16H,2H2,1H3,(H2,15,17). The minimum Gasteiger partial charge on any atom is -0.406 e. The number of halogens is 3. The maximum absolute atomic E-state index is 11.9. The Bertz CT molecular complexity index is 404. The first-order chi connectivity index (χ1) is 8.31. The van der Waals surface area contributed by atoms with Crippen LogP contribution in [-0.2, 0) is 4.79 Å². The highest BCUT2D eigenvalue weighted by Gasteiger charge is 2.30. The predicted molar refractivity (Wildman–Crippen MR) is 60.0 cm³/mol. The second-order valence-corrected chi connectivity index (χ2v) is 3.58. The lowest BCUT2D eigenvalue weighted by atomic mass is 10.2. The molecule has 1 unspecified atom stereocenters. The summed E-state index contributed by atoms with van der Waals surface area (Å²) in [5, 5.41) is 2.81. The average Bonchev–Trinajstić information content (AvgIpc) is 2.25. The van der Waals surface area contributed by atoms with Crippen molar-refractivity contribution in [3.8, 4) is 5.75 Å². The average molecular weight is 262 g/mol. The van der Waals surface area contributed by atoms with Crippen LogP contribution in [0.25, 0.3) is 0 Å². The molecule has 0 heterocycles. The van der Waals surface area contributed by atoms with Gasteiger partial charge < -0.3 is 15.8 Å². The van der Waals surface area contributed by atoms with Crippen LogP contribution in [-0.4, -0.2) is 18.3 Å². The lowest BCUT2D eigenvalue weighted by Gasteiger charge is -2.15. The van der Waals surface area contributed by atoms with Crippen molar-refractivity contribution in [3.05, 3.63) is 24.3 Å². The number of nitrogens with one attached hydrogen (secondary N) is 1. The molecule has 0 aliphatic heterocycles. The third-order valence-electron chi connectivity index (χ3n) is 2.18. The zero-order valence-electron chi connectivity index (χ0n) is 9.62. The van der Waals surface area contributed by atoms with E-state index in [0.29, 0.717) is 12.1 Å². The van der Waals surface area contributed by atoms with Crippen LogP contribution >= 0.6 is 0 Å². The van der Waals surface area contributed by atoms with Gasteiger partial charge in [-0.25, -0.2) is 0 Å². The first-order valence-electron chi connectivity index (χ1n) is 5.23. The Kier molecular flexibility index (Phi) is 4.41. The second-order valence-electron chi connectivity index (χ2n) is 3.58. The Morgan fingerprint density at radius 3 is 2.33 bits per heavy atom. The summed E-state index contributed by atoms with van der Waals surface area (Å²) in [6.45, 7) is 1.77. The van der Waals surface area contributed by atoms with Crippen molar-refractivity contribution < 1.29 is 22.7 Å². The van der Waals surface area contributed by atoms with Crippen molar-refractivity contribution in [2.45, 2.75) is 25.7 Å². The lowest BCUT2D eigenvalue weighted by Crippen LogP contribution is -2.34. The topological polar surface area (TPSA) is 64.3 Å². The maximum atomic E-state index is 11.9. The number of carbonyl (C=O) groups is 1. The molecule has 1 aromatic carbocycles. The number of carbonyl (C=O) groups excluding carboxylic acids is 1. The third-order valence-corrected chi connectivity index (χ3v) is 2.18. The molecule has 18 heavy (non-hydrogen) atoms. The van der Waals surface area contributed by atoms with Crippen LogP contribution in [0.3, 0.4) is 0 Å². The summed E-state index contributed by atoms with van der Waals surface area (Å²) in [5.74, 6) is -0.840. The van der Waals surface area contributed by atoms with E-state index in [1.54, 1.807) is 6.92 Å². The zero-order valence-corrected chi connectivity index (χ0v) is 9.62. The van der Waals surface area contributed by atoms with Gasteiger partial charge in [0.25, 0.3) is 0 Å². The quantitative estimate of drug-likeness (QED) is 0.855. The molecule has 1 rings (SSSR count). The Morgan fingerprint density at radius 1 is 1.39 bits per heavy atom. The van der Waals surface area contributed by atoms with Crippen molar-refractivity contribution in [1.29, 1.82) is 0 Å². The van der Waals surface area contributed by atoms with E-state index in [1.165, 1.54) is 12.1 Å². The fourth-order valence-electron chi connectivity index (χ4n) is 1.33. The SMILES string of the molecule is CCC(Nc1ccc(OC(F)(F)F)cc1)C(N)=O. The highest BCUT2D eigenvalue weighted by Crippen LogP contribution is 2.24. The van der Waals surface area contributed by atoms with Gasteiger partial charge in [-0.05, 0) is 30.7 Å². The molecule has 0 fully saturated rings. The summed E-state index contributed by atoms with van der Waals surface area (Å²) in [7, 11) is 0. The molecule has 3 N–H and O–H groups in total. The first-order valence-corrected chi connectivity index (χ1v) is 5.23. The van der Waals surface area contributed by atoms with Gasteiger partial charge >= 0.3 is 6.36 Å². The zero-order chi connectivity index (χ0) is 13.8. The van der Waals surface area contributed by atoms with Gasteiger partial charge in [0.15, 0.2) is 0 Å². The number of primary amides is 1. The fourth-order valence-corrected chi connectivity index (χ4v) is 1.33. The molecule has 0 aliphatic carbocycles.